The quantitative estimate of drug-likeness (QED) is 0.858. The molecule has 2 heterocycles. The van der Waals surface area contributed by atoms with E-state index in [1.165, 1.54) is 10.6 Å². The van der Waals surface area contributed by atoms with E-state index in [0.29, 0.717) is 23.7 Å². The largest absolute Gasteiger partial charge is 0.490 e. The molecular weight excluding hydrogens is 328 g/mol. The molecule has 1 aliphatic rings. The van der Waals surface area contributed by atoms with Gasteiger partial charge >= 0.3 is 0 Å². The number of hydrogen-bond acceptors (Lipinski definition) is 3. The summed E-state index contributed by atoms with van der Waals surface area (Å²) in [6, 6.07) is 10.3. The number of likely N-dealkylation sites (tertiary alicyclic amines) is 1. The number of piperidine rings is 1. The maximum absolute atomic E-state index is 12.5. The molecule has 0 bridgehead atoms. The van der Waals surface area contributed by atoms with Gasteiger partial charge in [0.25, 0.3) is 5.91 Å². The third-order valence-electron chi connectivity index (χ3n) is 4.16. The Balaban J connectivity index is 1.59. The first-order chi connectivity index (χ1) is 11.5. The van der Waals surface area contributed by atoms with Gasteiger partial charge in [0.05, 0.1) is 5.56 Å². The van der Waals surface area contributed by atoms with Crippen molar-refractivity contribution in [1.82, 2.24) is 9.47 Å². The fourth-order valence-electron chi connectivity index (χ4n) is 2.81. The molecule has 0 N–H and O–H groups in total. The fourth-order valence-corrected chi connectivity index (χ4v) is 2.99. The summed E-state index contributed by atoms with van der Waals surface area (Å²) < 4.78 is 7.36. The van der Waals surface area contributed by atoms with Gasteiger partial charge in [0, 0.05) is 50.3 Å². The predicted molar refractivity (Wildman–Crippen MR) is 92.7 cm³/mol. The average Bonchev–Trinajstić information content (AvgIpc) is 2.57. The molecule has 1 fully saturated rings. The van der Waals surface area contributed by atoms with Crippen LogP contribution in [0.1, 0.15) is 23.2 Å². The van der Waals surface area contributed by atoms with E-state index >= 15 is 0 Å². The molecule has 0 aliphatic carbocycles. The van der Waals surface area contributed by atoms with Gasteiger partial charge in [0.15, 0.2) is 0 Å². The van der Waals surface area contributed by atoms with Crippen LogP contribution in [0.4, 0.5) is 0 Å². The van der Waals surface area contributed by atoms with Gasteiger partial charge in [-0.3, -0.25) is 9.59 Å². The van der Waals surface area contributed by atoms with Gasteiger partial charge in [-0.25, -0.2) is 0 Å². The van der Waals surface area contributed by atoms with E-state index < -0.39 is 0 Å². The van der Waals surface area contributed by atoms with Gasteiger partial charge in [-0.2, -0.15) is 0 Å². The zero-order valence-corrected chi connectivity index (χ0v) is 14.2. The molecule has 1 saturated heterocycles. The van der Waals surface area contributed by atoms with E-state index in [1.54, 1.807) is 30.3 Å². The number of carbonyl (C=O) groups is 1. The summed E-state index contributed by atoms with van der Waals surface area (Å²) in [6.07, 6.45) is 3.19. The van der Waals surface area contributed by atoms with Crippen molar-refractivity contribution in [1.29, 1.82) is 0 Å². The number of aromatic nitrogens is 1. The van der Waals surface area contributed by atoms with Crippen molar-refractivity contribution in [2.75, 3.05) is 13.1 Å². The highest BCUT2D eigenvalue weighted by Gasteiger charge is 2.25. The smallest absolute Gasteiger partial charge is 0.255 e. The molecule has 0 radical (unpaired) electrons. The van der Waals surface area contributed by atoms with Crippen molar-refractivity contribution >= 4 is 17.5 Å². The first kappa shape index (κ1) is 16.6. The van der Waals surface area contributed by atoms with Crippen molar-refractivity contribution in [3.05, 3.63) is 63.5 Å². The maximum atomic E-state index is 12.5. The number of nitrogens with zero attached hydrogens (tertiary/aromatic N) is 2. The summed E-state index contributed by atoms with van der Waals surface area (Å²) in [6.45, 7) is 1.26. The molecule has 24 heavy (non-hydrogen) atoms. The van der Waals surface area contributed by atoms with Crippen LogP contribution in [0.25, 0.3) is 0 Å². The van der Waals surface area contributed by atoms with Gasteiger partial charge in [-0.05, 0) is 24.3 Å². The minimum absolute atomic E-state index is 0.0493. The molecular formula is C18H19ClN2O3. The second kappa shape index (κ2) is 7.09. The van der Waals surface area contributed by atoms with Crippen LogP contribution in [0.15, 0.2) is 47.4 Å². The Labute approximate surface area is 145 Å². The normalized spacial score (nSPS) is 15.3. The summed E-state index contributed by atoms with van der Waals surface area (Å²) in [5.41, 5.74) is 0.409. The monoisotopic (exact) mass is 346 g/mol. The molecule has 126 valence electrons. The Kier molecular flexibility index (Phi) is 4.90. The number of ether oxygens (including phenoxy) is 1. The number of pyridine rings is 1. The summed E-state index contributed by atoms with van der Waals surface area (Å²) in [5, 5.41) is 0.648. The standard InChI is InChI=1S/C18H19ClN2O3/c1-20-12-13(5-6-17(20)22)18(23)21-9-7-15(8-10-21)24-16-4-2-3-14(19)11-16/h2-6,11-12,15H,7-10H2,1H3. The van der Waals surface area contributed by atoms with Crippen LogP contribution >= 0.6 is 11.6 Å². The Morgan fingerprint density at radius 3 is 2.62 bits per heavy atom. The lowest BCUT2D eigenvalue weighted by Crippen LogP contribution is -2.42. The number of amides is 1. The van der Waals surface area contributed by atoms with E-state index in [4.69, 9.17) is 16.3 Å². The van der Waals surface area contributed by atoms with Crippen LogP contribution in [0.2, 0.25) is 5.02 Å². The molecule has 1 aromatic heterocycles. The van der Waals surface area contributed by atoms with E-state index in [2.05, 4.69) is 0 Å². The lowest BCUT2D eigenvalue weighted by Gasteiger charge is -2.32. The van der Waals surface area contributed by atoms with Crippen molar-refractivity contribution < 1.29 is 9.53 Å². The lowest BCUT2D eigenvalue weighted by atomic mass is 10.1. The molecule has 5 nitrogen and oxygen atoms in total. The highest BCUT2D eigenvalue weighted by molar-refractivity contribution is 6.30. The average molecular weight is 347 g/mol. The molecule has 3 rings (SSSR count). The number of benzene rings is 1. The third kappa shape index (κ3) is 3.79. The second-order valence-corrected chi connectivity index (χ2v) is 6.37. The molecule has 1 aliphatic heterocycles. The first-order valence-electron chi connectivity index (χ1n) is 7.91. The summed E-state index contributed by atoms with van der Waals surface area (Å²) in [4.78, 5) is 25.8. The number of halogens is 1. The van der Waals surface area contributed by atoms with Gasteiger partial charge in [-0.1, -0.05) is 17.7 Å². The molecule has 0 unspecified atom stereocenters. The predicted octanol–water partition coefficient (Wildman–Crippen LogP) is 2.72. The molecule has 0 spiro atoms. The van der Waals surface area contributed by atoms with Gasteiger partial charge in [0.2, 0.25) is 5.56 Å². The van der Waals surface area contributed by atoms with Crippen molar-refractivity contribution in [2.45, 2.75) is 18.9 Å². The van der Waals surface area contributed by atoms with E-state index in [1.807, 2.05) is 18.2 Å². The minimum atomic E-state index is -0.125. The zero-order valence-electron chi connectivity index (χ0n) is 13.4. The van der Waals surface area contributed by atoms with Crippen molar-refractivity contribution in [2.24, 2.45) is 7.05 Å². The van der Waals surface area contributed by atoms with Crippen molar-refractivity contribution in [3.63, 3.8) is 0 Å². The maximum Gasteiger partial charge on any atom is 0.255 e. The summed E-state index contributed by atoms with van der Waals surface area (Å²) in [7, 11) is 1.64. The molecule has 6 heteroatoms. The third-order valence-corrected chi connectivity index (χ3v) is 4.40. The van der Waals surface area contributed by atoms with Crippen LogP contribution in [0, 0.1) is 0 Å². The number of rotatable bonds is 3. The molecule has 1 amide bonds. The van der Waals surface area contributed by atoms with Crippen molar-refractivity contribution in [3.8, 4) is 5.75 Å². The Morgan fingerprint density at radius 2 is 1.96 bits per heavy atom. The Hall–Kier alpha value is -2.27. The van der Waals surface area contributed by atoms with Gasteiger partial charge < -0.3 is 14.2 Å². The highest BCUT2D eigenvalue weighted by Crippen LogP contribution is 2.22. The van der Waals surface area contributed by atoms with Gasteiger partial charge in [-0.15, -0.1) is 0 Å². The van der Waals surface area contributed by atoms with E-state index in [9.17, 15) is 9.59 Å². The second-order valence-electron chi connectivity index (χ2n) is 5.93. The summed E-state index contributed by atoms with van der Waals surface area (Å²) >= 11 is 5.96. The first-order valence-corrected chi connectivity index (χ1v) is 8.29. The topological polar surface area (TPSA) is 51.5 Å². The zero-order chi connectivity index (χ0) is 17.1. The molecule has 0 atom stereocenters. The van der Waals surface area contributed by atoms with Gasteiger partial charge in [0.1, 0.15) is 11.9 Å². The Bertz CT molecular complexity index is 795. The number of carbonyl (C=O) groups excluding carboxylic acids is 1. The van der Waals surface area contributed by atoms with E-state index in [0.717, 1.165) is 18.6 Å². The molecule has 1 aromatic carbocycles. The Morgan fingerprint density at radius 1 is 1.21 bits per heavy atom. The fraction of sp³-hybridized carbons (Fsp3) is 0.333. The van der Waals surface area contributed by atoms with Crippen LogP contribution in [-0.4, -0.2) is 34.6 Å². The number of hydrogen-bond donors (Lipinski definition) is 0. The SMILES string of the molecule is Cn1cc(C(=O)N2CCC(Oc3cccc(Cl)c3)CC2)ccc1=O. The molecule has 0 saturated carbocycles. The minimum Gasteiger partial charge on any atom is -0.490 e. The van der Waals surface area contributed by atoms with Crippen LogP contribution in [0.5, 0.6) is 5.75 Å². The molecule has 2 aromatic rings. The van der Waals surface area contributed by atoms with Crippen LogP contribution in [0.3, 0.4) is 0 Å². The van der Waals surface area contributed by atoms with Crippen LogP contribution in [-0.2, 0) is 7.05 Å². The van der Waals surface area contributed by atoms with E-state index in [-0.39, 0.29) is 17.6 Å². The number of aryl methyl sites for hydroxylation is 1. The van der Waals surface area contributed by atoms with Crippen LogP contribution < -0.4 is 10.3 Å². The summed E-state index contributed by atoms with van der Waals surface area (Å²) in [5.74, 6) is 0.706. The highest BCUT2D eigenvalue weighted by atomic mass is 35.5. The lowest BCUT2D eigenvalue weighted by molar-refractivity contribution is 0.0595.